The molecule has 34 heavy (non-hydrogen) atoms. The highest BCUT2D eigenvalue weighted by molar-refractivity contribution is 6.39. The summed E-state index contributed by atoms with van der Waals surface area (Å²) in [5.74, 6) is -0.691. The molecule has 2 fully saturated rings. The number of likely N-dealkylation sites (tertiary alicyclic amines) is 1. The van der Waals surface area contributed by atoms with Crippen LogP contribution in [0.15, 0.2) is 36.5 Å². The number of likely N-dealkylation sites (N-methyl/N-ethyl adjacent to an activating group) is 1. The quantitative estimate of drug-likeness (QED) is 0.661. The molecule has 182 valence electrons. The Kier molecular flexibility index (Phi) is 7.67. The molecular weight excluding hydrogens is 428 g/mol. The fraction of sp³-hybridized carbons (Fsp3) is 0.500. The van der Waals surface area contributed by atoms with Crippen LogP contribution >= 0.6 is 0 Å². The van der Waals surface area contributed by atoms with Crippen LogP contribution in [-0.2, 0) is 16.0 Å². The molecule has 2 aliphatic rings. The first-order valence-electron chi connectivity index (χ1n) is 12.4. The lowest BCUT2D eigenvalue weighted by molar-refractivity contribution is -0.145. The van der Waals surface area contributed by atoms with Crippen LogP contribution in [0, 0.1) is 0 Å². The zero-order valence-electron chi connectivity index (χ0n) is 20.3. The standard InChI is InChI=1S/C26H36N6O2/c1-3-19-17-21(18-28-24(19)27)29-25(33)26(34)32-12-6-5-7-23(32)20-8-10-22(11-9-20)31-15-13-30(4-2)14-16-31/h8-11,17-18,23H,3-7,12-16H2,1-2H3,(H2,27,28)(H,29,33)/t23-/m0/s1. The van der Waals surface area contributed by atoms with Crippen LogP contribution in [-0.4, -0.2) is 65.9 Å². The van der Waals surface area contributed by atoms with Crippen molar-refractivity contribution >= 4 is 29.0 Å². The van der Waals surface area contributed by atoms with Crippen molar-refractivity contribution in [3.63, 3.8) is 0 Å². The Balaban J connectivity index is 1.43. The van der Waals surface area contributed by atoms with E-state index in [1.807, 2.05) is 6.92 Å². The lowest BCUT2D eigenvalue weighted by Crippen LogP contribution is -2.46. The lowest BCUT2D eigenvalue weighted by atomic mass is 9.94. The molecule has 1 atom stereocenters. The van der Waals surface area contributed by atoms with Crippen molar-refractivity contribution in [3.8, 4) is 0 Å². The third-order valence-corrected chi connectivity index (χ3v) is 7.06. The number of hydrogen-bond donors (Lipinski definition) is 2. The molecule has 3 heterocycles. The summed E-state index contributed by atoms with van der Waals surface area (Å²) in [4.78, 5) is 36.7. The number of aryl methyl sites for hydroxylation is 1. The highest BCUT2D eigenvalue weighted by atomic mass is 16.2. The molecule has 2 aliphatic heterocycles. The van der Waals surface area contributed by atoms with Gasteiger partial charge in [0.15, 0.2) is 0 Å². The SMILES string of the molecule is CCc1cc(NC(=O)C(=O)N2CCCC[C@H]2c2ccc(N3CCN(CC)CC3)cc2)cnc1N. The van der Waals surface area contributed by atoms with Crippen LogP contribution in [0.1, 0.15) is 50.3 Å². The maximum absolute atomic E-state index is 13.1. The number of nitrogens with one attached hydrogen (secondary N) is 1. The molecule has 0 unspecified atom stereocenters. The van der Waals surface area contributed by atoms with E-state index in [2.05, 4.69) is 51.3 Å². The number of anilines is 3. The largest absolute Gasteiger partial charge is 0.383 e. The number of nitrogens with zero attached hydrogens (tertiary/aromatic N) is 4. The van der Waals surface area contributed by atoms with Crippen LogP contribution in [0.25, 0.3) is 0 Å². The topological polar surface area (TPSA) is 94.8 Å². The number of benzene rings is 1. The number of hydrogen-bond acceptors (Lipinski definition) is 6. The van der Waals surface area contributed by atoms with E-state index in [-0.39, 0.29) is 6.04 Å². The van der Waals surface area contributed by atoms with Gasteiger partial charge in [-0.15, -0.1) is 0 Å². The molecule has 1 aromatic heterocycles. The number of pyridine rings is 1. The van der Waals surface area contributed by atoms with E-state index in [4.69, 9.17) is 5.73 Å². The van der Waals surface area contributed by atoms with Gasteiger partial charge in [-0.05, 0) is 61.6 Å². The van der Waals surface area contributed by atoms with E-state index in [0.717, 1.165) is 63.1 Å². The highest BCUT2D eigenvalue weighted by Gasteiger charge is 2.32. The minimum atomic E-state index is -0.633. The van der Waals surface area contributed by atoms with Crippen molar-refractivity contribution in [1.29, 1.82) is 0 Å². The summed E-state index contributed by atoms with van der Waals surface area (Å²) in [6.45, 7) is 10.1. The Morgan fingerprint density at radius 1 is 1.06 bits per heavy atom. The van der Waals surface area contributed by atoms with Gasteiger partial charge in [0.05, 0.1) is 17.9 Å². The van der Waals surface area contributed by atoms with Crippen LogP contribution in [0.5, 0.6) is 0 Å². The van der Waals surface area contributed by atoms with Gasteiger partial charge in [-0.3, -0.25) is 9.59 Å². The van der Waals surface area contributed by atoms with Crippen LogP contribution in [0.3, 0.4) is 0 Å². The highest BCUT2D eigenvalue weighted by Crippen LogP contribution is 2.32. The molecule has 3 N–H and O–H groups in total. The maximum atomic E-state index is 13.1. The Labute approximate surface area is 202 Å². The van der Waals surface area contributed by atoms with Gasteiger partial charge in [0.1, 0.15) is 5.82 Å². The van der Waals surface area contributed by atoms with Crippen molar-refractivity contribution in [2.75, 3.05) is 55.2 Å². The molecule has 0 bridgehead atoms. The van der Waals surface area contributed by atoms with Crippen molar-refractivity contribution < 1.29 is 9.59 Å². The monoisotopic (exact) mass is 464 g/mol. The molecular formula is C26H36N6O2. The normalized spacial score (nSPS) is 19.2. The van der Waals surface area contributed by atoms with E-state index in [1.54, 1.807) is 11.0 Å². The van der Waals surface area contributed by atoms with Crippen LogP contribution < -0.4 is 16.0 Å². The number of piperidine rings is 1. The summed E-state index contributed by atoms with van der Waals surface area (Å²) in [5.41, 5.74) is 9.49. The van der Waals surface area contributed by atoms with Gasteiger partial charge >= 0.3 is 11.8 Å². The third kappa shape index (κ3) is 5.33. The molecule has 8 heteroatoms. The second kappa shape index (κ2) is 10.9. The number of aromatic nitrogens is 1. The van der Waals surface area contributed by atoms with Gasteiger partial charge in [0.2, 0.25) is 0 Å². The molecule has 1 aromatic carbocycles. The summed E-state index contributed by atoms with van der Waals surface area (Å²) in [6, 6.07) is 10.2. The summed E-state index contributed by atoms with van der Waals surface area (Å²) >= 11 is 0. The number of piperazine rings is 1. The minimum Gasteiger partial charge on any atom is -0.383 e. The average molecular weight is 465 g/mol. The summed E-state index contributed by atoms with van der Waals surface area (Å²) in [5, 5.41) is 2.71. The Bertz CT molecular complexity index is 1000. The fourth-order valence-electron chi connectivity index (χ4n) is 4.94. The number of nitrogen functional groups attached to an aromatic ring is 1. The van der Waals surface area contributed by atoms with E-state index in [0.29, 0.717) is 24.5 Å². The van der Waals surface area contributed by atoms with Crippen molar-refractivity contribution in [1.82, 2.24) is 14.8 Å². The number of nitrogens with two attached hydrogens (primary N) is 1. The van der Waals surface area contributed by atoms with Crippen LogP contribution in [0.2, 0.25) is 0 Å². The Morgan fingerprint density at radius 3 is 2.47 bits per heavy atom. The van der Waals surface area contributed by atoms with Gasteiger partial charge < -0.3 is 25.8 Å². The van der Waals surface area contributed by atoms with Gasteiger partial charge in [-0.2, -0.15) is 0 Å². The first-order valence-corrected chi connectivity index (χ1v) is 12.4. The van der Waals surface area contributed by atoms with E-state index >= 15 is 0 Å². The predicted octanol–water partition coefficient (Wildman–Crippen LogP) is 3.06. The molecule has 8 nitrogen and oxygen atoms in total. The second-order valence-electron chi connectivity index (χ2n) is 9.10. The fourth-order valence-corrected chi connectivity index (χ4v) is 4.94. The second-order valence-corrected chi connectivity index (χ2v) is 9.10. The lowest BCUT2D eigenvalue weighted by Gasteiger charge is -2.37. The molecule has 0 radical (unpaired) electrons. The molecule has 0 saturated carbocycles. The Morgan fingerprint density at radius 2 is 1.79 bits per heavy atom. The number of rotatable bonds is 5. The molecule has 2 saturated heterocycles. The summed E-state index contributed by atoms with van der Waals surface area (Å²) < 4.78 is 0. The molecule has 2 aromatic rings. The van der Waals surface area contributed by atoms with E-state index in [1.165, 1.54) is 11.9 Å². The Hall–Kier alpha value is -3.13. The average Bonchev–Trinajstić information content (AvgIpc) is 2.89. The third-order valence-electron chi connectivity index (χ3n) is 7.06. The molecule has 0 aliphatic carbocycles. The van der Waals surface area contributed by atoms with Crippen molar-refractivity contribution in [3.05, 3.63) is 47.7 Å². The number of carbonyl (C=O) groups excluding carboxylic acids is 2. The first kappa shape index (κ1) is 24.0. The van der Waals surface area contributed by atoms with Gasteiger partial charge in [-0.25, -0.2) is 4.98 Å². The molecule has 0 spiro atoms. The van der Waals surface area contributed by atoms with Crippen LogP contribution in [0.4, 0.5) is 17.2 Å². The molecule has 2 amide bonds. The minimum absolute atomic E-state index is 0.0891. The zero-order chi connectivity index (χ0) is 24.1. The van der Waals surface area contributed by atoms with Crippen molar-refractivity contribution in [2.45, 2.75) is 45.6 Å². The maximum Gasteiger partial charge on any atom is 0.313 e. The van der Waals surface area contributed by atoms with Crippen molar-refractivity contribution in [2.24, 2.45) is 0 Å². The predicted molar refractivity (Wildman–Crippen MR) is 136 cm³/mol. The van der Waals surface area contributed by atoms with Gasteiger partial charge in [-0.1, -0.05) is 26.0 Å². The van der Waals surface area contributed by atoms with Gasteiger partial charge in [0, 0.05) is 38.4 Å². The van der Waals surface area contributed by atoms with E-state index in [9.17, 15) is 9.59 Å². The molecule has 4 rings (SSSR count). The number of amides is 2. The first-order chi connectivity index (χ1) is 16.5. The summed E-state index contributed by atoms with van der Waals surface area (Å²) in [7, 11) is 0. The summed E-state index contributed by atoms with van der Waals surface area (Å²) in [6.07, 6.45) is 5.00. The smallest absolute Gasteiger partial charge is 0.313 e. The van der Waals surface area contributed by atoms with Gasteiger partial charge in [0.25, 0.3) is 0 Å². The zero-order valence-corrected chi connectivity index (χ0v) is 20.3. The van der Waals surface area contributed by atoms with E-state index < -0.39 is 11.8 Å². The number of carbonyl (C=O) groups is 2.